The molecule has 2 aliphatic heterocycles. The van der Waals surface area contributed by atoms with Crippen molar-refractivity contribution in [3.05, 3.63) is 47.3 Å². The fourth-order valence-corrected chi connectivity index (χ4v) is 4.85. The van der Waals surface area contributed by atoms with Gasteiger partial charge in [-0.2, -0.15) is 0 Å². The number of hydrogen-bond donors (Lipinski definition) is 0. The van der Waals surface area contributed by atoms with Crippen molar-refractivity contribution < 1.29 is 18.7 Å². The second-order valence-corrected chi connectivity index (χ2v) is 7.40. The van der Waals surface area contributed by atoms with Crippen molar-refractivity contribution in [2.24, 2.45) is 5.92 Å². The molecule has 2 bridgehead atoms. The molecule has 0 aromatic heterocycles. The van der Waals surface area contributed by atoms with Gasteiger partial charge in [0.05, 0.1) is 12.2 Å². The molecular formula is C20H23FO3. The molecule has 1 aromatic carbocycles. The molecule has 4 unspecified atom stereocenters. The van der Waals surface area contributed by atoms with E-state index in [-0.39, 0.29) is 23.9 Å². The lowest BCUT2D eigenvalue weighted by Crippen LogP contribution is -2.47. The summed E-state index contributed by atoms with van der Waals surface area (Å²) in [4.78, 5) is 12.4. The highest BCUT2D eigenvalue weighted by Gasteiger charge is 2.57. The van der Waals surface area contributed by atoms with E-state index in [1.165, 1.54) is 6.07 Å². The average molecular weight is 330 g/mol. The Hall–Kier alpha value is -1.68. The van der Waals surface area contributed by atoms with Crippen LogP contribution in [-0.2, 0) is 26.3 Å². The molecule has 0 radical (unpaired) electrons. The van der Waals surface area contributed by atoms with E-state index in [0.717, 1.165) is 37.7 Å². The van der Waals surface area contributed by atoms with Gasteiger partial charge in [-0.1, -0.05) is 18.7 Å². The van der Waals surface area contributed by atoms with Gasteiger partial charge in [0.2, 0.25) is 0 Å². The predicted molar refractivity (Wildman–Crippen MR) is 87.9 cm³/mol. The first kappa shape index (κ1) is 15.8. The number of esters is 1. The zero-order valence-corrected chi connectivity index (χ0v) is 14.0. The van der Waals surface area contributed by atoms with Crippen LogP contribution in [0.15, 0.2) is 30.4 Å². The molecule has 4 rings (SSSR count). The third kappa shape index (κ3) is 2.31. The molecule has 3 nitrogen and oxygen atoms in total. The molecule has 128 valence electrons. The van der Waals surface area contributed by atoms with Gasteiger partial charge in [0.15, 0.2) is 0 Å². The Morgan fingerprint density at radius 1 is 1.42 bits per heavy atom. The van der Waals surface area contributed by atoms with Crippen LogP contribution in [0, 0.1) is 11.7 Å². The summed E-state index contributed by atoms with van der Waals surface area (Å²) in [5.41, 5.74) is 0.960. The maximum absolute atomic E-state index is 14.9. The van der Waals surface area contributed by atoms with Gasteiger partial charge in [0.1, 0.15) is 11.4 Å². The Balaban J connectivity index is 1.84. The fraction of sp³-hybridized carbons (Fsp3) is 0.550. The van der Waals surface area contributed by atoms with E-state index in [0.29, 0.717) is 17.6 Å². The van der Waals surface area contributed by atoms with E-state index in [9.17, 15) is 9.18 Å². The summed E-state index contributed by atoms with van der Waals surface area (Å²) in [7, 11) is 0. The van der Waals surface area contributed by atoms with Crippen LogP contribution >= 0.6 is 0 Å². The number of benzene rings is 1. The van der Waals surface area contributed by atoms with Crippen molar-refractivity contribution >= 4 is 5.97 Å². The number of halogens is 1. The van der Waals surface area contributed by atoms with Gasteiger partial charge < -0.3 is 9.47 Å². The van der Waals surface area contributed by atoms with Gasteiger partial charge in [-0.15, -0.1) is 0 Å². The van der Waals surface area contributed by atoms with Crippen molar-refractivity contribution in [1.29, 1.82) is 0 Å². The minimum absolute atomic E-state index is 0.0236. The van der Waals surface area contributed by atoms with Gasteiger partial charge in [-0.25, -0.2) is 9.18 Å². The molecule has 4 atom stereocenters. The van der Waals surface area contributed by atoms with Crippen LogP contribution in [0.2, 0.25) is 0 Å². The van der Waals surface area contributed by atoms with Crippen LogP contribution in [0.5, 0.6) is 0 Å². The van der Waals surface area contributed by atoms with E-state index in [4.69, 9.17) is 9.47 Å². The number of carbonyl (C=O) groups is 1. The maximum Gasteiger partial charge on any atom is 0.334 e. The van der Waals surface area contributed by atoms with Crippen molar-refractivity contribution in [3.8, 4) is 0 Å². The van der Waals surface area contributed by atoms with Crippen LogP contribution in [0.1, 0.15) is 50.2 Å². The summed E-state index contributed by atoms with van der Waals surface area (Å²) in [5.74, 6) is -0.686. The second kappa shape index (κ2) is 5.69. The van der Waals surface area contributed by atoms with Gasteiger partial charge in [-0.05, 0) is 57.1 Å². The summed E-state index contributed by atoms with van der Waals surface area (Å²) in [6.07, 6.45) is 5.48. The molecule has 1 aromatic rings. The Morgan fingerprint density at radius 3 is 2.92 bits per heavy atom. The molecule has 2 fully saturated rings. The highest BCUT2D eigenvalue weighted by Crippen LogP contribution is 2.54. The number of aryl methyl sites for hydroxylation is 1. The molecule has 0 spiro atoms. The summed E-state index contributed by atoms with van der Waals surface area (Å²) in [6, 6.07) is 5.17. The molecule has 0 saturated carbocycles. The topological polar surface area (TPSA) is 35.5 Å². The van der Waals surface area contributed by atoms with Crippen LogP contribution in [-0.4, -0.2) is 18.2 Å². The first-order chi connectivity index (χ1) is 11.5. The van der Waals surface area contributed by atoms with Crippen LogP contribution in [0.25, 0.3) is 0 Å². The van der Waals surface area contributed by atoms with E-state index in [1.807, 2.05) is 6.07 Å². The zero-order chi connectivity index (χ0) is 16.9. The molecule has 4 heteroatoms. The molecule has 3 aliphatic rings. The maximum atomic E-state index is 14.9. The first-order valence-electron chi connectivity index (χ1n) is 8.83. The molecule has 0 N–H and O–H groups in total. The first-order valence-corrected chi connectivity index (χ1v) is 8.83. The summed E-state index contributed by atoms with van der Waals surface area (Å²) >= 11 is 0. The summed E-state index contributed by atoms with van der Waals surface area (Å²) < 4.78 is 26.9. The monoisotopic (exact) mass is 330 g/mol. The zero-order valence-electron chi connectivity index (χ0n) is 14.0. The second-order valence-electron chi connectivity index (χ2n) is 7.40. The molecule has 1 aliphatic carbocycles. The van der Waals surface area contributed by atoms with Crippen molar-refractivity contribution in [2.45, 2.75) is 63.3 Å². The number of fused-ring (bicyclic) bond motifs is 3. The van der Waals surface area contributed by atoms with Crippen LogP contribution < -0.4 is 0 Å². The molecule has 0 amide bonds. The normalized spacial score (nSPS) is 34.0. The SMILES string of the molecule is C=C(C)C(=O)OC1(C2CC3CCC2O3)CCCc2cccc(F)c21. The van der Waals surface area contributed by atoms with Crippen LogP contribution in [0.3, 0.4) is 0 Å². The third-order valence-electron chi connectivity index (χ3n) is 5.85. The lowest BCUT2D eigenvalue weighted by atomic mass is 9.66. The number of ether oxygens (including phenoxy) is 2. The van der Waals surface area contributed by atoms with Gasteiger partial charge in [0.25, 0.3) is 0 Å². The predicted octanol–water partition coefficient (Wildman–Crippen LogP) is 4.04. The van der Waals surface area contributed by atoms with Crippen molar-refractivity contribution in [2.75, 3.05) is 0 Å². The number of carbonyl (C=O) groups excluding carboxylic acids is 1. The Morgan fingerprint density at radius 2 is 2.25 bits per heavy atom. The Labute approximate surface area is 141 Å². The lowest BCUT2D eigenvalue weighted by molar-refractivity contribution is -0.169. The molecule has 24 heavy (non-hydrogen) atoms. The third-order valence-corrected chi connectivity index (χ3v) is 5.85. The number of hydrogen-bond acceptors (Lipinski definition) is 3. The fourth-order valence-electron chi connectivity index (χ4n) is 4.85. The molecule has 2 saturated heterocycles. The van der Waals surface area contributed by atoms with E-state index >= 15 is 0 Å². The van der Waals surface area contributed by atoms with Gasteiger partial charge in [0, 0.05) is 17.1 Å². The molecular weight excluding hydrogens is 307 g/mol. The molecule has 2 heterocycles. The standard InChI is InChI=1S/C20H23FO3/c1-12(2)19(22)24-20(15-11-14-8-9-17(15)23-14)10-4-6-13-5-3-7-16(21)18(13)20/h3,5,7,14-15,17H,1,4,6,8-11H2,2H3. The van der Waals surface area contributed by atoms with Gasteiger partial charge in [-0.3, -0.25) is 0 Å². The summed E-state index contributed by atoms with van der Waals surface area (Å²) in [6.45, 7) is 5.34. The lowest BCUT2D eigenvalue weighted by Gasteiger charge is -2.45. The highest BCUT2D eigenvalue weighted by atomic mass is 19.1. The minimum Gasteiger partial charge on any atom is -0.450 e. The van der Waals surface area contributed by atoms with Crippen molar-refractivity contribution in [1.82, 2.24) is 0 Å². The minimum atomic E-state index is -0.922. The van der Waals surface area contributed by atoms with Crippen molar-refractivity contribution in [3.63, 3.8) is 0 Å². The van der Waals surface area contributed by atoms with Gasteiger partial charge >= 0.3 is 5.97 Å². The van der Waals surface area contributed by atoms with E-state index in [1.54, 1.807) is 13.0 Å². The highest BCUT2D eigenvalue weighted by molar-refractivity contribution is 5.87. The number of rotatable bonds is 3. The largest absolute Gasteiger partial charge is 0.450 e. The van der Waals surface area contributed by atoms with E-state index in [2.05, 4.69) is 6.58 Å². The van der Waals surface area contributed by atoms with Crippen LogP contribution in [0.4, 0.5) is 4.39 Å². The van der Waals surface area contributed by atoms with E-state index < -0.39 is 11.6 Å². The quantitative estimate of drug-likeness (QED) is 0.620. The smallest absolute Gasteiger partial charge is 0.334 e. The summed E-state index contributed by atoms with van der Waals surface area (Å²) in [5, 5.41) is 0. The average Bonchev–Trinajstić information content (AvgIpc) is 3.18. The Bertz CT molecular complexity index is 698. The Kier molecular flexibility index (Phi) is 3.75.